The summed E-state index contributed by atoms with van der Waals surface area (Å²) in [6, 6.07) is 6.40. The molecule has 0 atom stereocenters. The van der Waals surface area contributed by atoms with Gasteiger partial charge in [0.15, 0.2) is 0 Å². The normalized spacial score (nSPS) is 10.9. The van der Waals surface area contributed by atoms with Crippen LogP contribution >= 0.6 is 0 Å². The molecule has 0 aliphatic carbocycles. The van der Waals surface area contributed by atoms with Crippen LogP contribution in [0, 0.1) is 6.92 Å². The van der Waals surface area contributed by atoms with Crippen molar-refractivity contribution in [1.82, 2.24) is 4.98 Å². The number of aromatic nitrogens is 1. The minimum atomic E-state index is 0.520. The highest BCUT2D eigenvalue weighted by molar-refractivity contribution is 5.92. The van der Waals surface area contributed by atoms with Gasteiger partial charge in [0, 0.05) is 11.6 Å². The van der Waals surface area contributed by atoms with Gasteiger partial charge in [-0.05, 0) is 48.6 Å². The molecule has 0 spiro atoms. The average molecular weight is 255 g/mol. The van der Waals surface area contributed by atoms with Gasteiger partial charge in [-0.15, -0.1) is 0 Å². The number of benzene rings is 1. The molecule has 102 valence electrons. The molecule has 0 saturated heterocycles. The molecule has 0 fully saturated rings. The van der Waals surface area contributed by atoms with E-state index in [1.165, 1.54) is 22.1 Å². The van der Waals surface area contributed by atoms with E-state index in [1.54, 1.807) is 0 Å². The summed E-state index contributed by atoms with van der Waals surface area (Å²) in [6.07, 6.45) is 6.19. The molecule has 0 amide bonds. The van der Waals surface area contributed by atoms with Gasteiger partial charge in [0.25, 0.3) is 0 Å². The zero-order valence-corrected chi connectivity index (χ0v) is 13.0. The molecule has 19 heavy (non-hydrogen) atoms. The molecule has 1 heteroatoms. The molecular formula is C18H25N. The first kappa shape index (κ1) is 15.4. The topological polar surface area (TPSA) is 12.9 Å². The van der Waals surface area contributed by atoms with Crippen LogP contribution in [0.4, 0.5) is 0 Å². The van der Waals surface area contributed by atoms with Gasteiger partial charge < -0.3 is 0 Å². The van der Waals surface area contributed by atoms with Gasteiger partial charge in [0.05, 0.1) is 5.52 Å². The summed E-state index contributed by atoms with van der Waals surface area (Å²) in [5.41, 5.74) is 5.09. The molecule has 1 aromatic carbocycles. The smallest absolute Gasteiger partial charge is 0.0711 e. The molecular weight excluding hydrogens is 230 g/mol. The third kappa shape index (κ3) is 3.23. The van der Waals surface area contributed by atoms with Gasteiger partial charge in [-0.1, -0.05) is 45.9 Å². The number of hydrogen-bond acceptors (Lipinski definition) is 1. The van der Waals surface area contributed by atoms with E-state index in [1.807, 2.05) is 20.0 Å². The van der Waals surface area contributed by atoms with E-state index in [4.69, 9.17) is 0 Å². The molecule has 0 saturated carbocycles. The lowest BCUT2D eigenvalue weighted by atomic mass is 9.93. The number of nitrogens with zero attached hydrogens (tertiary/aromatic N) is 1. The Morgan fingerprint density at radius 2 is 1.79 bits per heavy atom. The first-order chi connectivity index (χ1) is 9.15. The summed E-state index contributed by atoms with van der Waals surface area (Å²) in [4.78, 5) is 4.47. The van der Waals surface area contributed by atoms with E-state index in [2.05, 4.69) is 63.0 Å². The van der Waals surface area contributed by atoms with Crippen molar-refractivity contribution in [3.63, 3.8) is 0 Å². The Hall–Kier alpha value is -1.63. The quantitative estimate of drug-likeness (QED) is 0.668. The van der Waals surface area contributed by atoms with Crippen molar-refractivity contribution in [2.24, 2.45) is 0 Å². The fraction of sp³-hybridized carbons (Fsp3) is 0.389. The third-order valence-corrected chi connectivity index (χ3v) is 3.15. The monoisotopic (exact) mass is 255 g/mol. The highest BCUT2D eigenvalue weighted by Crippen LogP contribution is 2.29. The zero-order chi connectivity index (χ0) is 14.4. The van der Waals surface area contributed by atoms with Crippen LogP contribution in [0.15, 0.2) is 30.5 Å². The highest BCUT2D eigenvalue weighted by Gasteiger charge is 2.10. The molecule has 0 radical (unpaired) electrons. The molecule has 0 aliphatic heterocycles. The number of rotatable bonds is 2. The third-order valence-electron chi connectivity index (χ3n) is 3.15. The second-order valence-corrected chi connectivity index (χ2v) is 4.75. The van der Waals surface area contributed by atoms with E-state index in [0.717, 1.165) is 5.52 Å². The van der Waals surface area contributed by atoms with Crippen molar-refractivity contribution in [3.8, 4) is 0 Å². The predicted octanol–water partition coefficient (Wildman–Crippen LogP) is 5.73. The number of fused-ring (bicyclic) bond motifs is 1. The molecule has 1 nitrogen and oxygen atoms in total. The van der Waals surface area contributed by atoms with Crippen molar-refractivity contribution in [2.75, 3.05) is 0 Å². The van der Waals surface area contributed by atoms with Crippen molar-refractivity contribution >= 4 is 17.0 Å². The van der Waals surface area contributed by atoms with Crippen LogP contribution in [-0.4, -0.2) is 4.98 Å². The van der Waals surface area contributed by atoms with Crippen LogP contribution in [0.1, 0.15) is 57.2 Å². The Morgan fingerprint density at radius 3 is 2.37 bits per heavy atom. The van der Waals surface area contributed by atoms with Crippen LogP contribution in [0.25, 0.3) is 17.0 Å². The second-order valence-electron chi connectivity index (χ2n) is 4.75. The van der Waals surface area contributed by atoms with Crippen molar-refractivity contribution < 1.29 is 0 Å². The number of allylic oxidation sites excluding steroid dienone is 1. The molecule has 0 unspecified atom stereocenters. The Labute approximate surface area is 117 Å². The summed E-state index contributed by atoms with van der Waals surface area (Å²) in [7, 11) is 0. The lowest BCUT2D eigenvalue weighted by Crippen LogP contribution is -1.95. The zero-order valence-electron chi connectivity index (χ0n) is 13.0. The van der Waals surface area contributed by atoms with E-state index < -0.39 is 0 Å². The second kappa shape index (κ2) is 7.08. The van der Waals surface area contributed by atoms with Crippen LogP contribution in [-0.2, 0) is 0 Å². The van der Waals surface area contributed by atoms with Crippen LogP contribution in [0.2, 0.25) is 0 Å². The minimum Gasteiger partial charge on any atom is -0.256 e. The number of hydrogen-bond donors (Lipinski definition) is 0. The van der Waals surface area contributed by atoms with Gasteiger partial charge in [0.1, 0.15) is 0 Å². The standard InChI is InChI=1S/C16H19N.C2H6/c1-5-6-14-12(4)7-8-15-16(14)13(11(2)3)9-10-17-15;1-2/h5-11H,1-4H3;1-2H3/b6-5-;. The van der Waals surface area contributed by atoms with E-state index in [9.17, 15) is 0 Å². The Balaban J connectivity index is 0.000000861. The Kier molecular flexibility index (Phi) is 5.75. The molecule has 2 aromatic rings. The first-order valence-electron chi connectivity index (χ1n) is 7.16. The lowest BCUT2D eigenvalue weighted by Gasteiger charge is -2.13. The Bertz CT molecular complexity index is 565. The number of aryl methyl sites for hydroxylation is 1. The summed E-state index contributed by atoms with van der Waals surface area (Å²) in [5, 5.41) is 1.31. The fourth-order valence-electron chi connectivity index (χ4n) is 2.27. The molecule has 1 heterocycles. The van der Waals surface area contributed by atoms with E-state index >= 15 is 0 Å². The minimum absolute atomic E-state index is 0.520. The highest BCUT2D eigenvalue weighted by atomic mass is 14.6. The fourth-order valence-corrected chi connectivity index (χ4v) is 2.27. The van der Waals surface area contributed by atoms with Gasteiger partial charge in [-0.2, -0.15) is 0 Å². The van der Waals surface area contributed by atoms with Crippen LogP contribution in [0.5, 0.6) is 0 Å². The number of pyridine rings is 1. The van der Waals surface area contributed by atoms with Gasteiger partial charge >= 0.3 is 0 Å². The maximum Gasteiger partial charge on any atom is 0.0711 e. The summed E-state index contributed by atoms with van der Waals surface area (Å²) < 4.78 is 0. The summed E-state index contributed by atoms with van der Waals surface area (Å²) in [5.74, 6) is 0.520. The molecule has 0 N–H and O–H groups in total. The van der Waals surface area contributed by atoms with E-state index in [0.29, 0.717) is 5.92 Å². The van der Waals surface area contributed by atoms with Gasteiger partial charge in [-0.25, -0.2) is 0 Å². The van der Waals surface area contributed by atoms with Crippen molar-refractivity contribution in [1.29, 1.82) is 0 Å². The SMILES string of the molecule is C/C=C\c1c(C)ccc2nccc(C(C)C)c12.CC. The summed E-state index contributed by atoms with van der Waals surface area (Å²) in [6.45, 7) is 12.7. The van der Waals surface area contributed by atoms with Crippen molar-refractivity contribution in [3.05, 3.63) is 47.2 Å². The average Bonchev–Trinajstić information content (AvgIpc) is 2.43. The molecule has 0 bridgehead atoms. The van der Waals surface area contributed by atoms with Crippen molar-refractivity contribution in [2.45, 2.75) is 47.5 Å². The molecule has 1 aromatic heterocycles. The maximum atomic E-state index is 4.47. The Morgan fingerprint density at radius 1 is 1.11 bits per heavy atom. The molecule has 0 aliphatic rings. The lowest BCUT2D eigenvalue weighted by molar-refractivity contribution is 0.874. The predicted molar refractivity (Wildman–Crippen MR) is 86.6 cm³/mol. The summed E-state index contributed by atoms with van der Waals surface area (Å²) >= 11 is 0. The first-order valence-corrected chi connectivity index (χ1v) is 7.16. The van der Waals surface area contributed by atoms with Gasteiger partial charge in [0.2, 0.25) is 0 Å². The van der Waals surface area contributed by atoms with Crippen LogP contribution in [0.3, 0.4) is 0 Å². The van der Waals surface area contributed by atoms with E-state index in [-0.39, 0.29) is 0 Å². The largest absolute Gasteiger partial charge is 0.256 e. The maximum absolute atomic E-state index is 4.47. The van der Waals surface area contributed by atoms with Gasteiger partial charge in [-0.3, -0.25) is 4.98 Å². The molecule has 2 rings (SSSR count). The van der Waals surface area contributed by atoms with Crippen LogP contribution < -0.4 is 0 Å².